The monoisotopic (exact) mass is 316 g/mol. The van der Waals surface area contributed by atoms with Crippen LogP contribution in [0.25, 0.3) is 0 Å². The third-order valence-corrected chi connectivity index (χ3v) is 5.67. The quantitative estimate of drug-likeness (QED) is 0.849. The molecule has 0 atom stereocenters. The van der Waals surface area contributed by atoms with Gasteiger partial charge in [0.15, 0.2) is 11.5 Å². The van der Waals surface area contributed by atoms with Crippen LogP contribution in [0.3, 0.4) is 0 Å². The van der Waals surface area contributed by atoms with Gasteiger partial charge in [-0.05, 0) is 31.0 Å². The van der Waals surface area contributed by atoms with Gasteiger partial charge in [-0.1, -0.05) is 38.2 Å². The van der Waals surface area contributed by atoms with E-state index in [0.29, 0.717) is 6.79 Å². The van der Waals surface area contributed by atoms with Gasteiger partial charge in [0.2, 0.25) is 6.79 Å². The Morgan fingerprint density at radius 1 is 0.957 bits per heavy atom. The predicted molar refractivity (Wildman–Crippen MR) is 92.4 cm³/mol. The minimum absolute atomic E-state index is 0.355. The van der Waals surface area contributed by atoms with E-state index < -0.39 is 0 Å². The molecule has 0 amide bonds. The van der Waals surface area contributed by atoms with Crippen LogP contribution in [0.5, 0.6) is 11.5 Å². The highest BCUT2D eigenvalue weighted by molar-refractivity contribution is 5.65. The Labute approximate surface area is 139 Å². The highest BCUT2D eigenvalue weighted by Crippen LogP contribution is 2.41. The van der Waals surface area contributed by atoms with E-state index in [9.17, 15) is 0 Å². The highest BCUT2D eigenvalue weighted by Gasteiger charge is 2.24. The number of rotatable bonds is 4. The van der Waals surface area contributed by atoms with E-state index in [1.165, 1.54) is 50.8 Å². The average Bonchev–Trinajstić information content (AvgIpc) is 3.10. The van der Waals surface area contributed by atoms with E-state index in [-0.39, 0.29) is 0 Å². The summed E-state index contributed by atoms with van der Waals surface area (Å²) >= 11 is 0. The van der Waals surface area contributed by atoms with Crippen molar-refractivity contribution in [2.75, 3.05) is 44.4 Å². The first kappa shape index (κ1) is 15.1. The number of anilines is 1. The molecule has 0 unspecified atom stereocenters. The molecule has 1 saturated carbocycles. The Balaban J connectivity index is 1.28. The molecule has 2 heterocycles. The van der Waals surface area contributed by atoms with E-state index >= 15 is 0 Å². The number of benzene rings is 1. The number of para-hydroxylation sites is 1. The van der Waals surface area contributed by atoms with Crippen molar-refractivity contribution < 1.29 is 9.47 Å². The lowest BCUT2D eigenvalue weighted by Crippen LogP contribution is -2.47. The first-order valence-electron chi connectivity index (χ1n) is 9.26. The summed E-state index contributed by atoms with van der Waals surface area (Å²) in [6.07, 6.45) is 8.71. The molecule has 0 aromatic heterocycles. The van der Waals surface area contributed by atoms with Crippen LogP contribution in [-0.4, -0.2) is 44.4 Å². The van der Waals surface area contributed by atoms with E-state index in [0.717, 1.165) is 43.6 Å². The van der Waals surface area contributed by atoms with Gasteiger partial charge in [0.05, 0.1) is 5.69 Å². The number of piperazine rings is 1. The second kappa shape index (κ2) is 7.00. The topological polar surface area (TPSA) is 24.9 Å². The summed E-state index contributed by atoms with van der Waals surface area (Å²) in [4.78, 5) is 5.09. The molecule has 1 aromatic rings. The summed E-state index contributed by atoms with van der Waals surface area (Å²) in [5, 5.41) is 0. The van der Waals surface area contributed by atoms with Crippen molar-refractivity contribution >= 4 is 5.69 Å². The molecule has 23 heavy (non-hydrogen) atoms. The standard InChI is InChI=1S/C19H28N2O2/c1-2-5-16(6-3-1)9-10-20-11-13-21(14-12-20)17-7-4-8-18-19(17)23-15-22-18/h4,7-8,16H,1-3,5-6,9-15H2. The maximum Gasteiger partial charge on any atom is 0.231 e. The minimum Gasteiger partial charge on any atom is -0.454 e. The van der Waals surface area contributed by atoms with Gasteiger partial charge in [0, 0.05) is 26.2 Å². The first-order valence-corrected chi connectivity index (χ1v) is 9.26. The summed E-state index contributed by atoms with van der Waals surface area (Å²) in [7, 11) is 0. The van der Waals surface area contributed by atoms with Crippen molar-refractivity contribution in [3.63, 3.8) is 0 Å². The van der Waals surface area contributed by atoms with Crippen molar-refractivity contribution in [1.29, 1.82) is 0 Å². The fraction of sp³-hybridized carbons (Fsp3) is 0.684. The normalized spacial score (nSPS) is 22.5. The number of ether oxygens (including phenoxy) is 2. The molecular formula is C19H28N2O2. The van der Waals surface area contributed by atoms with Crippen molar-refractivity contribution in [3.05, 3.63) is 18.2 Å². The molecule has 0 N–H and O–H groups in total. The second-order valence-corrected chi connectivity index (χ2v) is 7.13. The lowest BCUT2D eigenvalue weighted by molar-refractivity contribution is 0.173. The fourth-order valence-corrected chi connectivity index (χ4v) is 4.22. The number of hydrogen-bond acceptors (Lipinski definition) is 4. The number of fused-ring (bicyclic) bond motifs is 1. The molecule has 1 aromatic carbocycles. The fourth-order valence-electron chi connectivity index (χ4n) is 4.22. The van der Waals surface area contributed by atoms with Crippen LogP contribution in [0, 0.1) is 5.92 Å². The van der Waals surface area contributed by atoms with E-state index in [4.69, 9.17) is 9.47 Å². The molecule has 1 aliphatic carbocycles. The van der Waals surface area contributed by atoms with Gasteiger partial charge in [-0.3, -0.25) is 4.90 Å². The zero-order valence-corrected chi connectivity index (χ0v) is 14.0. The Hall–Kier alpha value is -1.42. The lowest BCUT2D eigenvalue weighted by atomic mass is 9.87. The summed E-state index contributed by atoms with van der Waals surface area (Å²) in [6.45, 7) is 6.14. The van der Waals surface area contributed by atoms with Crippen molar-refractivity contribution in [2.24, 2.45) is 5.92 Å². The largest absolute Gasteiger partial charge is 0.454 e. The Morgan fingerprint density at radius 2 is 1.78 bits per heavy atom. The van der Waals surface area contributed by atoms with Crippen LogP contribution in [-0.2, 0) is 0 Å². The average molecular weight is 316 g/mol. The molecule has 4 rings (SSSR count). The van der Waals surface area contributed by atoms with Gasteiger partial charge < -0.3 is 14.4 Å². The van der Waals surface area contributed by atoms with Gasteiger partial charge in [0.25, 0.3) is 0 Å². The van der Waals surface area contributed by atoms with Crippen LogP contribution >= 0.6 is 0 Å². The third-order valence-electron chi connectivity index (χ3n) is 5.67. The van der Waals surface area contributed by atoms with E-state index in [1.54, 1.807) is 0 Å². The molecule has 0 radical (unpaired) electrons. The van der Waals surface area contributed by atoms with Gasteiger partial charge in [0.1, 0.15) is 0 Å². The van der Waals surface area contributed by atoms with Crippen molar-refractivity contribution in [2.45, 2.75) is 38.5 Å². The first-order chi connectivity index (χ1) is 11.4. The molecule has 126 valence electrons. The summed E-state index contributed by atoms with van der Waals surface area (Å²) in [5.74, 6) is 2.81. The second-order valence-electron chi connectivity index (χ2n) is 7.13. The van der Waals surface area contributed by atoms with Crippen LogP contribution in [0.2, 0.25) is 0 Å². The molecule has 4 heteroatoms. The summed E-state index contributed by atoms with van der Waals surface area (Å²) in [5.41, 5.74) is 1.20. The van der Waals surface area contributed by atoms with E-state index in [1.807, 2.05) is 6.07 Å². The van der Waals surface area contributed by atoms with Crippen LogP contribution in [0.4, 0.5) is 5.69 Å². The molecular weight excluding hydrogens is 288 g/mol. The van der Waals surface area contributed by atoms with Gasteiger partial charge in [-0.25, -0.2) is 0 Å². The molecule has 2 aliphatic heterocycles. The Morgan fingerprint density at radius 3 is 2.61 bits per heavy atom. The summed E-state index contributed by atoms with van der Waals surface area (Å²) < 4.78 is 11.2. The molecule has 0 bridgehead atoms. The van der Waals surface area contributed by atoms with E-state index in [2.05, 4.69) is 21.9 Å². The van der Waals surface area contributed by atoms with Crippen LogP contribution < -0.4 is 14.4 Å². The molecule has 0 spiro atoms. The maximum atomic E-state index is 5.66. The maximum absolute atomic E-state index is 5.66. The lowest BCUT2D eigenvalue weighted by Gasteiger charge is -2.37. The highest BCUT2D eigenvalue weighted by atomic mass is 16.7. The molecule has 2 fully saturated rings. The third kappa shape index (κ3) is 3.42. The SMILES string of the molecule is c1cc2c(c(N3CCN(CCC4CCCCC4)CC3)c1)OCO2. The van der Waals surface area contributed by atoms with Crippen LogP contribution in [0.1, 0.15) is 38.5 Å². The Bertz CT molecular complexity index is 520. The van der Waals surface area contributed by atoms with Gasteiger partial charge >= 0.3 is 0 Å². The number of nitrogens with zero attached hydrogens (tertiary/aromatic N) is 2. The van der Waals surface area contributed by atoms with Gasteiger partial charge in [-0.2, -0.15) is 0 Å². The zero-order chi connectivity index (χ0) is 15.5. The molecule has 4 nitrogen and oxygen atoms in total. The van der Waals surface area contributed by atoms with Crippen LogP contribution in [0.15, 0.2) is 18.2 Å². The Kier molecular flexibility index (Phi) is 4.60. The van der Waals surface area contributed by atoms with Crippen molar-refractivity contribution in [1.82, 2.24) is 4.90 Å². The minimum atomic E-state index is 0.355. The molecule has 1 saturated heterocycles. The van der Waals surface area contributed by atoms with Crippen molar-refractivity contribution in [3.8, 4) is 11.5 Å². The molecule has 3 aliphatic rings. The predicted octanol–water partition coefficient (Wildman–Crippen LogP) is 3.51. The zero-order valence-electron chi connectivity index (χ0n) is 14.0. The number of hydrogen-bond donors (Lipinski definition) is 0. The summed E-state index contributed by atoms with van der Waals surface area (Å²) in [6, 6.07) is 6.22. The van der Waals surface area contributed by atoms with Gasteiger partial charge in [-0.15, -0.1) is 0 Å². The smallest absolute Gasteiger partial charge is 0.231 e.